The summed E-state index contributed by atoms with van der Waals surface area (Å²) in [6.45, 7) is 2.12. The van der Waals surface area contributed by atoms with Crippen LogP contribution in [-0.4, -0.2) is 9.36 Å². The van der Waals surface area contributed by atoms with Crippen LogP contribution in [0.3, 0.4) is 0 Å². The molecular formula is C16H14N2S. The van der Waals surface area contributed by atoms with Crippen LogP contribution in [0.15, 0.2) is 54.6 Å². The summed E-state index contributed by atoms with van der Waals surface area (Å²) in [4.78, 5) is 4.62. The lowest BCUT2D eigenvalue weighted by Gasteiger charge is -2.01. The molecule has 2 nitrogen and oxygen atoms in total. The second kappa shape index (κ2) is 5.33. The third kappa shape index (κ3) is 2.71. The van der Waals surface area contributed by atoms with Crippen molar-refractivity contribution in [3.63, 3.8) is 0 Å². The molecule has 0 fully saturated rings. The van der Waals surface area contributed by atoms with E-state index in [1.54, 1.807) is 0 Å². The zero-order valence-corrected chi connectivity index (χ0v) is 11.5. The van der Waals surface area contributed by atoms with Gasteiger partial charge >= 0.3 is 0 Å². The first-order valence-electron chi connectivity index (χ1n) is 6.25. The van der Waals surface area contributed by atoms with Crippen molar-refractivity contribution in [3.05, 3.63) is 71.5 Å². The van der Waals surface area contributed by atoms with Crippen LogP contribution in [0.4, 0.5) is 0 Å². The number of aryl methyl sites for hydroxylation is 1. The fourth-order valence-corrected chi connectivity index (χ4v) is 2.69. The van der Waals surface area contributed by atoms with Crippen LogP contribution in [0, 0.1) is 6.92 Å². The van der Waals surface area contributed by atoms with Crippen LogP contribution in [0.2, 0.25) is 0 Å². The Kier molecular flexibility index (Phi) is 3.38. The summed E-state index contributed by atoms with van der Waals surface area (Å²) in [6, 6.07) is 18.6. The smallest absolute Gasteiger partial charge is 0.147 e. The van der Waals surface area contributed by atoms with Crippen molar-refractivity contribution in [1.82, 2.24) is 9.36 Å². The van der Waals surface area contributed by atoms with E-state index in [2.05, 4.69) is 52.7 Å². The summed E-state index contributed by atoms with van der Waals surface area (Å²) < 4.78 is 4.46. The Hall–Kier alpha value is -2.00. The van der Waals surface area contributed by atoms with Gasteiger partial charge in [0.2, 0.25) is 0 Å². The lowest BCUT2D eigenvalue weighted by molar-refractivity contribution is 1.03. The Morgan fingerprint density at radius 1 is 0.947 bits per heavy atom. The third-order valence-electron chi connectivity index (χ3n) is 3.10. The average molecular weight is 266 g/mol. The van der Waals surface area contributed by atoms with Crippen molar-refractivity contribution < 1.29 is 0 Å². The van der Waals surface area contributed by atoms with Crippen LogP contribution in [0.1, 0.15) is 17.0 Å². The molecule has 3 heteroatoms. The molecule has 0 unspecified atom stereocenters. The van der Waals surface area contributed by atoms with Gasteiger partial charge in [-0.25, -0.2) is 4.98 Å². The van der Waals surface area contributed by atoms with Crippen LogP contribution in [-0.2, 0) is 6.42 Å². The molecule has 0 saturated heterocycles. The molecule has 3 rings (SSSR count). The second-order valence-electron chi connectivity index (χ2n) is 4.49. The lowest BCUT2D eigenvalue weighted by Crippen LogP contribution is -1.93. The Morgan fingerprint density at radius 3 is 2.47 bits per heavy atom. The first kappa shape index (κ1) is 12.1. The van der Waals surface area contributed by atoms with Crippen LogP contribution in [0.25, 0.3) is 10.6 Å². The van der Waals surface area contributed by atoms with Crippen LogP contribution in [0.5, 0.6) is 0 Å². The van der Waals surface area contributed by atoms with E-state index >= 15 is 0 Å². The van der Waals surface area contributed by atoms with Gasteiger partial charge in [-0.05, 0) is 29.6 Å². The Balaban J connectivity index is 1.85. The minimum Gasteiger partial charge on any atom is -0.219 e. The zero-order chi connectivity index (χ0) is 13.1. The third-order valence-corrected chi connectivity index (χ3v) is 3.90. The minimum absolute atomic E-state index is 0.802. The van der Waals surface area contributed by atoms with Crippen molar-refractivity contribution >= 4 is 11.5 Å². The normalized spacial score (nSPS) is 10.6. The molecule has 1 heterocycles. The predicted molar refractivity (Wildman–Crippen MR) is 79.3 cm³/mol. The van der Waals surface area contributed by atoms with E-state index in [-0.39, 0.29) is 0 Å². The maximum atomic E-state index is 4.62. The highest BCUT2D eigenvalue weighted by Crippen LogP contribution is 2.22. The number of hydrogen-bond donors (Lipinski definition) is 0. The summed E-state index contributed by atoms with van der Waals surface area (Å²) in [5.74, 6) is 0.901. The van der Waals surface area contributed by atoms with E-state index in [9.17, 15) is 0 Å². The Labute approximate surface area is 116 Å². The minimum atomic E-state index is 0.802. The number of hydrogen-bond acceptors (Lipinski definition) is 3. The molecule has 0 spiro atoms. The average Bonchev–Trinajstić information content (AvgIpc) is 2.91. The van der Waals surface area contributed by atoms with Crippen LogP contribution >= 0.6 is 11.5 Å². The molecule has 0 radical (unpaired) electrons. The summed E-state index contributed by atoms with van der Waals surface area (Å²) in [7, 11) is 0. The van der Waals surface area contributed by atoms with Crippen LogP contribution < -0.4 is 0 Å². The highest BCUT2D eigenvalue weighted by molar-refractivity contribution is 7.09. The second-order valence-corrected chi connectivity index (χ2v) is 5.24. The first-order chi connectivity index (χ1) is 9.33. The Bertz CT molecular complexity index is 674. The highest BCUT2D eigenvalue weighted by atomic mass is 32.1. The van der Waals surface area contributed by atoms with Crippen molar-refractivity contribution in [3.8, 4) is 10.6 Å². The van der Waals surface area contributed by atoms with Gasteiger partial charge < -0.3 is 0 Å². The standard InChI is InChI=1S/C16H14N2S/c1-12-7-5-6-10-14(12)11-15-17-16(19-18-15)13-8-3-2-4-9-13/h2-10H,11H2,1H3. The van der Waals surface area contributed by atoms with Crippen molar-refractivity contribution in [2.75, 3.05) is 0 Å². The molecule has 1 aromatic heterocycles. The molecule has 0 bridgehead atoms. The molecule has 94 valence electrons. The van der Waals surface area contributed by atoms with Gasteiger partial charge in [0.15, 0.2) is 0 Å². The fraction of sp³-hybridized carbons (Fsp3) is 0.125. The molecule has 0 aliphatic heterocycles. The quantitative estimate of drug-likeness (QED) is 0.713. The zero-order valence-electron chi connectivity index (χ0n) is 10.7. The first-order valence-corrected chi connectivity index (χ1v) is 7.03. The maximum Gasteiger partial charge on any atom is 0.147 e. The highest BCUT2D eigenvalue weighted by Gasteiger charge is 2.07. The van der Waals surface area contributed by atoms with E-state index in [0.717, 1.165) is 22.8 Å². The predicted octanol–water partition coefficient (Wildman–Crippen LogP) is 4.10. The summed E-state index contributed by atoms with van der Waals surface area (Å²) in [5.41, 5.74) is 3.72. The largest absolute Gasteiger partial charge is 0.219 e. The number of nitrogens with zero attached hydrogens (tertiary/aromatic N) is 2. The van der Waals surface area contributed by atoms with E-state index in [0.29, 0.717) is 0 Å². The molecule has 0 aliphatic carbocycles. The molecule has 3 aromatic rings. The molecule has 19 heavy (non-hydrogen) atoms. The summed E-state index contributed by atoms with van der Waals surface area (Å²) in [6.07, 6.45) is 0.802. The van der Waals surface area contributed by atoms with Gasteiger partial charge in [-0.3, -0.25) is 0 Å². The van der Waals surface area contributed by atoms with Gasteiger partial charge in [-0.2, -0.15) is 4.37 Å². The number of rotatable bonds is 3. The molecule has 0 saturated carbocycles. The van der Waals surface area contributed by atoms with Gasteiger partial charge in [-0.1, -0.05) is 54.6 Å². The van der Waals surface area contributed by atoms with Crippen molar-refractivity contribution in [2.24, 2.45) is 0 Å². The fourth-order valence-electron chi connectivity index (χ4n) is 2.00. The molecule has 0 atom stereocenters. The van der Waals surface area contributed by atoms with Crippen molar-refractivity contribution in [1.29, 1.82) is 0 Å². The molecular weight excluding hydrogens is 252 g/mol. The number of benzene rings is 2. The summed E-state index contributed by atoms with van der Waals surface area (Å²) >= 11 is 1.47. The maximum absolute atomic E-state index is 4.62. The van der Waals surface area contributed by atoms with E-state index in [1.165, 1.54) is 22.7 Å². The molecule has 0 N–H and O–H groups in total. The summed E-state index contributed by atoms with van der Waals surface area (Å²) in [5, 5.41) is 0.990. The van der Waals surface area contributed by atoms with Gasteiger partial charge in [0, 0.05) is 12.0 Å². The number of aromatic nitrogens is 2. The van der Waals surface area contributed by atoms with Crippen molar-refractivity contribution in [2.45, 2.75) is 13.3 Å². The van der Waals surface area contributed by atoms with E-state index < -0.39 is 0 Å². The Morgan fingerprint density at radius 2 is 1.68 bits per heavy atom. The van der Waals surface area contributed by atoms with Gasteiger partial charge in [0.25, 0.3) is 0 Å². The van der Waals surface area contributed by atoms with Gasteiger partial charge in [0.1, 0.15) is 10.8 Å². The van der Waals surface area contributed by atoms with Gasteiger partial charge in [-0.15, -0.1) is 0 Å². The molecule has 0 amide bonds. The monoisotopic (exact) mass is 266 g/mol. The molecule has 0 aliphatic rings. The molecule has 2 aromatic carbocycles. The SMILES string of the molecule is Cc1ccccc1Cc1nsc(-c2ccccc2)n1. The van der Waals surface area contributed by atoms with E-state index in [1.807, 2.05) is 18.2 Å². The van der Waals surface area contributed by atoms with E-state index in [4.69, 9.17) is 0 Å². The topological polar surface area (TPSA) is 25.8 Å². The van der Waals surface area contributed by atoms with Gasteiger partial charge in [0.05, 0.1) is 0 Å². The lowest BCUT2D eigenvalue weighted by atomic mass is 10.1.